The lowest BCUT2D eigenvalue weighted by molar-refractivity contribution is 0.0598. The molecule has 104 valence electrons. The van der Waals surface area contributed by atoms with Crippen LogP contribution < -0.4 is 5.32 Å². The quantitative estimate of drug-likeness (QED) is 0.906. The van der Waals surface area contributed by atoms with Gasteiger partial charge in [0.15, 0.2) is 0 Å². The summed E-state index contributed by atoms with van der Waals surface area (Å²) in [7, 11) is 1.91. The number of amides is 1. The Kier molecular flexibility index (Phi) is 4.91. The summed E-state index contributed by atoms with van der Waals surface area (Å²) >= 11 is 0. The highest BCUT2D eigenvalue weighted by Crippen LogP contribution is 2.22. The Morgan fingerprint density at radius 3 is 2.95 bits per heavy atom. The lowest BCUT2D eigenvalue weighted by Gasteiger charge is -2.36. The topological polar surface area (TPSA) is 32.3 Å². The molecule has 2 rings (SSSR count). The SMILES string of the molecule is CNCCC1CCCCN1C(=O)c1ccccc1F. The van der Waals surface area contributed by atoms with Gasteiger partial charge in [0.2, 0.25) is 0 Å². The Bertz CT molecular complexity index is 436. The van der Waals surface area contributed by atoms with E-state index in [0.29, 0.717) is 0 Å². The van der Waals surface area contributed by atoms with Gasteiger partial charge < -0.3 is 10.2 Å². The summed E-state index contributed by atoms with van der Waals surface area (Å²) in [6.07, 6.45) is 4.10. The van der Waals surface area contributed by atoms with Crippen LogP contribution in [0.4, 0.5) is 4.39 Å². The number of carbonyl (C=O) groups is 1. The Balaban J connectivity index is 2.13. The van der Waals surface area contributed by atoms with Crippen LogP contribution >= 0.6 is 0 Å². The zero-order valence-electron chi connectivity index (χ0n) is 11.4. The van der Waals surface area contributed by atoms with Crippen molar-refractivity contribution in [3.05, 3.63) is 35.6 Å². The largest absolute Gasteiger partial charge is 0.336 e. The van der Waals surface area contributed by atoms with Crippen LogP contribution in [0.3, 0.4) is 0 Å². The predicted molar refractivity (Wildman–Crippen MR) is 73.6 cm³/mol. The molecule has 0 spiro atoms. The first-order valence-corrected chi connectivity index (χ1v) is 6.94. The molecule has 0 radical (unpaired) electrons. The second kappa shape index (κ2) is 6.66. The number of likely N-dealkylation sites (tertiary alicyclic amines) is 1. The minimum absolute atomic E-state index is 0.168. The van der Waals surface area contributed by atoms with E-state index in [-0.39, 0.29) is 17.5 Å². The number of nitrogens with zero attached hydrogens (tertiary/aromatic N) is 1. The lowest BCUT2D eigenvalue weighted by Crippen LogP contribution is -2.45. The van der Waals surface area contributed by atoms with Gasteiger partial charge in [-0.3, -0.25) is 4.79 Å². The van der Waals surface area contributed by atoms with E-state index < -0.39 is 5.82 Å². The summed E-state index contributed by atoms with van der Waals surface area (Å²) in [5.74, 6) is -0.593. The monoisotopic (exact) mass is 264 g/mol. The molecule has 1 saturated heterocycles. The summed E-state index contributed by atoms with van der Waals surface area (Å²) < 4.78 is 13.7. The summed E-state index contributed by atoms with van der Waals surface area (Å²) in [4.78, 5) is 14.3. The second-order valence-electron chi connectivity index (χ2n) is 5.02. The van der Waals surface area contributed by atoms with E-state index in [1.54, 1.807) is 18.2 Å². The number of halogens is 1. The minimum atomic E-state index is -0.426. The van der Waals surface area contributed by atoms with Crippen LogP contribution in [0, 0.1) is 5.82 Å². The van der Waals surface area contributed by atoms with Gasteiger partial charge in [0.1, 0.15) is 5.82 Å². The van der Waals surface area contributed by atoms with Crippen LogP contribution in [0.5, 0.6) is 0 Å². The first-order valence-electron chi connectivity index (χ1n) is 6.94. The third kappa shape index (κ3) is 3.32. The zero-order valence-corrected chi connectivity index (χ0v) is 11.4. The molecule has 19 heavy (non-hydrogen) atoms. The number of hydrogen-bond donors (Lipinski definition) is 1. The molecule has 1 aliphatic rings. The lowest BCUT2D eigenvalue weighted by atomic mass is 9.98. The highest BCUT2D eigenvalue weighted by molar-refractivity contribution is 5.94. The van der Waals surface area contributed by atoms with E-state index in [9.17, 15) is 9.18 Å². The number of hydrogen-bond acceptors (Lipinski definition) is 2. The van der Waals surface area contributed by atoms with E-state index >= 15 is 0 Å². The standard InChI is InChI=1S/C15H21FN2O/c1-17-10-9-12-6-4-5-11-18(12)15(19)13-7-2-3-8-14(13)16/h2-3,7-8,12,17H,4-6,9-11H2,1H3. The van der Waals surface area contributed by atoms with E-state index in [4.69, 9.17) is 0 Å². The van der Waals surface area contributed by atoms with Gasteiger partial charge in [-0.05, 0) is 51.4 Å². The van der Waals surface area contributed by atoms with Gasteiger partial charge in [-0.2, -0.15) is 0 Å². The molecule has 1 aliphatic heterocycles. The number of carbonyl (C=O) groups excluding carboxylic acids is 1. The van der Waals surface area contributed by atoms with Crippen molar-refractivity contribution in [3.63, 3.8) is 0 Å². The molecule has 4 heteroatoms. The van der Waals surface area contributed by atoms with Crippen molar-refractivity contribution in [1.82, 2.24) is 10.2 Å². The molecule has 0 bridgehead atoms. The molecule has 1 heterocycles. The van der Waals surface area contributed by atoms with Crippen LogP contribution in [-0.2, 0) is 0 Å². The fourth-order valence-corrected chi connectivity index (χ4v) is 2.67. The van der Waals surface area contributed by atoms with Crippen LogP contribution in [-0.4, -0.2) is 37.0 Å². The van der Waals surface area contributed by atoms with E-state index in [0.717, 1.165) is 38.8 Å². The Labute approximate surface area is 113 Å². The smallest absolute Gasteiger partial charge is 0.257 e. The molecule has 1 aromatic carbocycles. The highest BCUT2D eigenvalue weighted by Gasteiger charge is 2.28. The van der Waals surface area contributed by atoms with Crippen molar-refractivity contribution in [1.29, 1.82) is 0 Å². The summed E-state index contributed by atoms with van der Waals surface area (Å²) in [5, 5.41) is 3.11. The average molecular weight is 264 g/mol. The average Bonchev–Trinajstić information content (AvgIpc) is 2.45. The third-order valence-electron chi connectivity index (χ3n) is 3.72. The summed E-state index contributed by atoms with van der Waals surface area (Å²) in [6.45, 7) is 1.62. The van der Waals surface area contributed by atoms with Crippen molar-refractivity contribution in [2.75, 3.05) is 20.1 Å². The van der Waals surface area contributed by atoms with Gasteiger partial charge in [-0.1, -0.05) is 12.1 Å². The molecule has 1 atom stereocenters. The summed E-state index contributed by atoms with van der Waals surface area (Å²) in [5.41, 5.74) is 0.193. The first kappa shape index (κ1) is 14.0. The fourth-order valence-electron chi connectivity index (χ4n) is 2.67. The van der Waals surface area contributed by atoms with Gasteiger partial charge in [-0.15, -0.1) is 0 Å². The maximum atomic E-state index is 13.7. The molecule has 1 N–H and O–H groups in total. The van der Waals surface area contributed by atoms with E-state index in [1.807, 2.05) is 11.9 Å². The van der Waals surface area contributed by atoms with Crippen LogP contribution in [0.15, 0.2) is 24.3 Å². The highest BCUT2D eigenvalue weighted by atomic mass is 19.1. The fraction of sp³-hybridized carbons (Fsp3) is 0.533. The molecule has 3 nitrogen and oxygen atoms in total. The van der Waals surface area contributed by atoms with E-state index in [1.165, 1.54) is 6.07 Å². The van der Waals surface area contributed by atoms with Gasteiger partial charge in [0.05, 0.1) is 5.56 Å². The number of nitrogens with one attached hydrogen (secondary N) is 1. The maximum Gasteiger partial charge on any atom is 0.257 e. The van der Waals surface area contributed by atoms with E-state index in [2.05, 4.69) is 5.32 Å². The Hall–Kier alpha value is -1.42. The first-order chi connectivity index (χ1) is 9.24. The van der Waals surface area contributed by atoms with Gasteiger partial charge in [-0.25, -0.2) is 4.39 Å². The normalized spacial score (nSPS) is 19.5. The molecular weight excluding hydrogens is 243 g/mol. The van der Waals surface area contributed by atoms with Crippen molar-refractivity contribution in [3.8, 4) is 0 Å². The van der Waals surface area contributed by atoms with Crippen molar-refractivity contribution >= 4 is 5.91 Å². The number of rotatable bonds is 4. The van der Waals surface area contributed by atoms with Crippen LogP contribution in [0.2, 0.25) is 0 Å². The van der Waals surface area contributed by atoms with Crippen LogP contribution in [0.1, 0.15) is 36.0 Å². The van der Waals surface area contributed by atoms with Crippen molar-refractivity contribution in [2.45, 2.75) is 31.7 Å². The van der Waals surface area contributed by atoms with Gasteiger partial charge in [0, 0.05) is 12.6 Å². The Morgan fingerprint density at radius 1 is 1.42 bits per heavy atom. The predicted octanol–water partition coefficient (Wildman–Crippen LogP) is 2.43. The molecule has 1 fully saturated rings. The molecule has 1 amide bonds. The number of benzene rings is 1. The molecule has 1 unspecified atom stereocenters. The molecular formula is C15H21FN2O. The van der Waals surface area contributed by atoms with Gasteiger partial charge >= 0.3 is 0 Å². The molecule has 0 aliphatic carbocycles. The minimum Gasteiger partial charge on any atom is -0.336 e. The third-order valence-corrected chi connectivity index (χ3v) is 3.72. The van der Waals surface area contributed by atoms with Crippen molar-refractivity contribution in [2.24, 2.45) is 0 Å². The Morgan fingerprint density at radius 2 is 2.21 bits per heavy atom. The molecule has 0 saturated carbocycles. The summed E-state index contributed by atoms with van der Waals surface area (Å²) in [6, 6.07) is 6.47. The maximum absolute atomic E-state index is 13.7. The van der Waals surface area contributed by atoms with Crippen molar-refractivity contribution < 1.29 is 9.18 Å². The molecule has 1 aromatic rings. The zero-order chi connectivity index (χ0) is 13.7. The number of piperidine rings is 1. The van der Waals surface area contributed by atoms with Crippen LogP contribution in [0.25, 0.3) is 0 Å². The van der Waals surface area contributed by atoms with Gasteiger partial charge in [0.25, 0.3) is 5.91 Å². The molecule has 0 aromatic heterocycles. The second-order valence-corrected chi connectivity index (χ2v) is 5.02.